The van der Waals surface area contributed by atoms with Crippen LogP contribution in [0.3, 0.4) is 0 Å². The summed E-state index contributed by atoms with van der Waals surface area (Å²) in [5, 5.41) is 12.7. The van der Waals surface area contributed by atoms with Gasteiger partial charge in [-0.3, -0.25) is 0 Å². The summed E-state index contributed by atoms with van der Waals surface area (Å²) in [6.07, 6.45) is 0. The van der Waals surface area contributed by atoms with Crippen molar-refractivity contribution in [2.75, 3.05) is 0 Å². The van der Waals surface area contributed by atoms with E-state index < -0.39 is 0 Å². The molecule has 0 unspecified atom stereocenters. The van der Waals surface area contributed by atoms with Gasteiger partial charge in [0.05, 0.1) is 0 Å². The highest BCUT2D eigenvalue weighted by Gasteiger charge is 2.22. The third-order valence-corrected chi connectivity index (χ3v) is 12.3. The van der Waals surface area contributed by atoms with Gasteiger partial charge in [0.15, 0.2) is 0 Å². The quantitative estimate of drug-likeness (QED) is 0.162. The van der Waals surface area contributed by atoms with Crippen molar-refractivity contribution in [3.05, 3.63) is 194 Å². The molecule has 0 radical (unpaired) electrons. The van der Waals surface area contributed by atoms with E-state index in [1.165, 1.54) is 108 Å². The lowest BCUT2D eigenvalue weighted by Crippen LogP contribution is -1.94. The molecule has 0 saturated carbocycles. The SMILES string of the molecule is c1cc(-c2cccc3ccccc23)cc(-c2c3ccccc3c(-c3cccc4ccccc34)c3cccc(-c4cccc5c4sc4ccccc45)c23)c1. The van der Waals surface area contributed by atoms with Crippen LogP contribution in [0.15, 0.2) is 194 Å². The summed E-state index contributed by atoms with van der Waals surface area (Å²) >= 11 is 1.90. The molecule has 0 saturated heterocycles. The Morgan fingerprint density at radius 2 is 0.774 bits per heavy atom. The van der Waals surface area contributed by atoms with Crippen LogP contribution in [0.4, 0.5) is 0 Å². The zero-order valence-electron chi connectivity index (χ0n) is 28.9. The summed E-state index contributed by atoms with van der Waals surface area (Å²) in [6, 6.07) is 71.8. The van der Waals surface area contributed by atoms with Crippen molar-refractivity contribution in [1.29, 1.82) is 0 Å². The summed E-state index contributed by atoms with van der Waals surface area (Å²) in [4.78, 5) is 0. The van der Waals surface area contributed by atoms with Crippen molar-refractivity contribution in [3.63, 3.8) is 0 Å². The Morgan fingerprint density at radius 1 is 0.283 bits per heavy atom. The van der Waals surface area contributed by atoms with E-state index in [2.05, 4.69) is 194 Å². The van der Waals surface area contributed by atoms with Crippen LogP contribution in [0.5, 0.6) is 0 Å². The minimum absolute atomic E-state index is 1.22. The first-order valence-electron chi connectivity index (χ1n) is 18.3. The van der Waals surface area contributed by atoms with Crippen LogP contribution in [0, 0.1) is 0 Å². The second-order valence-corrected chi connectivity index (χ2v) is 15.0. The van der Waals surface area contributed by atoms with E-state index in [0.717, 1.165) is 0 Å². The smallest absolute Gasteiger partial charge is 0.0434 e. The van der Waals surface area contributed by atoms with Gasteiger partial charge in [-0.1, -0.05) is 182 Å². The van der Waals surface area contributed by atoms with Gasteiger partial charge in [0.2, 0.25) is 0 Å². The fourth-order valence-electron chi connectivity index (χ4n) is 8.77. The van der Waals surface area contributed by atoms with Crippen LogP contribution in [-0.4, -0.2) is 0 Å². The van der Waals surface area contributed by atoms with E-state index in [9.17, 15) is 0 Å². The van der Waals surface area contributed by atoms with E-state index in [0.29, 0.717) is 0 Å². The van der Waals surface area contributed by atoms with Crippen LogP contribution >= 0.6 is 11.3 Å². The zero-order valence-corrected chi connectivity index (χ0v) is 29.7. The average Bonchev–Trinajstić information content (AvgIpc) is 3.61. The number of hydrogen-bond donors (Lipinski definition) is 0. The molecule has 0 aliphatic carbocycles. The first-order valence-corrected chi connectivity index (χ1v) is 19.1. The number of hydrogen-bond acceptors (Lipinski definition) is 1. The minimum Gasteiger partial charge on any atom is -0.135 e. The summed E-state index contributed by atoms with van der Waals surface area (Å²) in [7, 11) is 0. The van der Waals surface area contributed by atoms with Crippen molar-refractivity contribution < 1.29 is 0 Å². The van der Waals surface area contributed by atoms with Gasteiger partial charge in [-0.15, -0.1) is 11.3 Å². The molecule has 246 valence electrons. The molecule has 0 atom stereocenters. The van der Waals surface area contributed by atoms with Gasteiger partial charge >= 0.3 is 0 Å². The minimum atomic E-state index is 1.22. The predicted molar refractivity (Wildman–Crippen MR) is 231 cm³/mol. The van der Waals surface area contributed by atoms with Crippen molar-refractivity contribution in [1.82, 2.24) is 0 Å². The molecule has 0 spiro atoms. The third-order valence-electron chi connectivity index (χ3n) is 11.1. The molecule has 0 bridgehead atoms. The molecule has 53 heavy (non-hydrogen) atoms. The van der Waals surface area contributed by atoms with Crippen LogP contribution in [0.1, 0.15) is 0 Å². The first-order chi connectivity index (χ1) is 26.3. The maximum absolute atomic E-state index is 2.41. The Labute approximate surface area is 311 Å². The Hall–Kier alpha value is -6.54. The van der Waals surface area contributed by atoms with Gasteiger partial charge in [-0.2, -0.15) is 0 Å². The van der Waals surface area contributed by atoms with Crippen LogP contribution in [0.25, 0.3) is 108 Å². The number of rotatable bonds is 4. The molecule has 11 rings (SSSR count). The average molecular weight is 689 g/mol. The van der Waals surface area contributed by atoms with Gasteiger partial charge in [0.25, 0.3) is 0 Å². The fourth-order valence-corrected chi connectivity index (χ4v) is 10.00. The summed E-state index contributed by atoms with van der Waals surface area (Å²) < 4.78 is 2.65. The molecule has 0 fully saturated rings. The standard InChI is InChI=1S/C52H32S/c1-3-20-37-33(14-1)16-10-25-39(37)35-18-9-19-36(32-35)49-42-23-5-6-24-43(42)50(41-26-11-17-34-15-2-4-21-38(34)41)47-30-12-27-44(51(47)49)46-29-13-28-45-40-22-7-8-31-48(40)53-52(45)46/h1-32H. The van der Waals surface area contributed by atoms with Gasteiger partial charge in [0, 0.05) is 25.7 Å². The van der Waals surface area contributed by atoms with Crippen molar-refractivity contribution in [2.24, 2.45) is 0 Å². The van der Waals surface area contributed by atoms with E-state index in [4.69, 9.17) is 0 Å². The molecule has 10 aromatic carbocycles. The second-order valence-electron chi connectivity index (χ2n) is 13.9. The summed E-state index contributed by atoms with van der Waals surface area (Å²) in [5.41, 5.74) is 10.1. The van der Waals surface area contributed by atoms with Crippen LogP contribution in [0.2, 0.25) is 0 Å². The van der Waals surface area contributed by atoms with Crippen LogP contribution in [-0.2, 0) is 0 Å². The number of benzene rings is 10. The molecular weight excluding hydrogens is 657 g/mol. The van der Waals surface area contributed by atoms with Crippen molar-refractivity contribution in [3.8, 4) is 44.5 Å². The second kappa shape index (κ2) is 12.0. The lowest BCUT2D eigenvalue weighted by molar-refractivity contribution is 1.63. The molecule has 1 aromatic heterocycles. The lowest BCUT2D eigenvalue weighted by Gasteiger charge is -2.21. The van der Waals surface area contributed by atoms with E-state index >= 15 is 0 Å². The predicted octanol–water partition coefficient (Wildman–Crippen LogP) is 15.3. The molecule has 1 heterocycles. The maximum atomic E-state index is 2.41. The highest BCUT2D eigenvalue weighted by Crippen LogP contribution is 2.50. The normalized spacial score (nSPS) is 11.8. The maximum Gasteiger partial charge on any atom is 0.0434 e. The van der Waals surface area contributed by atoms with E-state index in [1.54, 1.807) is 0 Å². The van der Waals surface area contributed by atoms with Crippen LogP contribution < -0.4 is 0 Å². The first kappa shape index (κ1) is 30.1. The van der Waals surface area contributed by atoms with Gasteiger partial charge in [-0.25, -0.2) is 0 Å². The Balaban J connectivity index is 1.30. The monoisotopic (exact) mass is 688 g/mol. The molecule has 0 amide bonds. The molecule has 1 heteroatoms. The number of fused-ring (bicyclic) bond motifs is 7. The molecule has 0 aliphatic heterocycles. The van der Waals surface area contributed by atoms with E-state index in [1.807, 2.05) is 11.3 Å². The third kappa shape index (κ3) is 4.68. The van der Waals surface area contributed by atoms with Crippen molar-refractivity contribution >= 4 is 74.6 Å². The zero-order chi connectivity index (χ0) is 34.9. The summed E-state index contributed by atoms with van der Waals surface area (Å²) in [6.45, 7) is 0. The molecule has 0 aliphatic rings. The molecular formula is C52H32S. The largest absolute Gasteiger partial charge is 0.135 e. The molecule has 11 aromatic rings. The van der Waals surface area contributed by atoms with Gasteiger partial charge < -0.3 is 0 Å². The topological polar surface area (TPSA) is 0 Å². The van der Waals surface area contributed by atoms with E-state index in [-0.39, 0.29) is 0 Å². The lowest BCUT2D eigenvalue weighted by atomic mass is 9.81. The molecule has 0 N–H and O–H groups in total. The van der Waals surface area contributed by atoms with Crippen molar-refractivity contribution in [2.45, 2.75) is 0 Å². The highest BCUT2D eigenvalue weighted by molar-refractivity contribution is 7.26. The fraction of sp³-hybridized carbons (Fsp3) is 0. The Morgan fingerprint density at radius 3 is 1.55 bits per heavy atom. The van der Waals surface area contributed by atoms with Gasteiger partial charge in [-0.05, 0) is 94.2 Å². The summed E-state index contributed by atoms with van der Waals surface area (Å²) in [5.74, 6) is 0. The highest BCUT2D eigenvalue weighted by atomic mass is 32.1. The number of thiophene rings is 1. The Kier molecular flexibility index (Phi) is 6.83. The van der Waals surface area contributed by atoms with Gasteiger partial charge in [0.1, 0.15) is 0 Å². The Bertz CT molecular complexity index is 3220. The molecule has 0 nitrogen and oxygen atoms in total.